The molecule has 0 aliphatic heterocycles. The van der Waals surface area contributed by atoms with Crippen LogP contribution in [0.5, 0.6) is 11.5 Å². The number of halogens is 1. The summed E-state index contributed by atoms with van der Waals surface area (Å²) in [6.07, 6.45) is 2.07. The van der Waals surface area contributed by atoms with E-state index >= 15 is 0 Å². The third-order valence-corrected chi connectivity index (χ3v) is 2.92. The van der Waals surface area contributed by atoms with Crippen molar-refractivity contribution >= 4 is 21.7 Å². The van der Waals surface area contributed by atoms with Gasteiger partial charge in [0.05, 0.1) is 13.7 Å². The number of ketones is 1. The van der Waals surface area contributed by atoms with E-state index in [1.807, 2.05) is 0 Å². The molecule has 4 heteroatoms. The van der Waals surface area contributed by atoms with Crippen LogP contribution in [-0.2, 0) is 0 Å². The van der Waals surface area contributed by atoms with Gasteiger partial charge in [-0.25, -0.2) is 0 Å². The van der Waals surface area contributed by atoms with Crippen molar-refractivity contribution in [3.05, 3.63) is 23.8 Å². The van der Waals surface area contributed by atoms with E-state index in [9.17, 15) is 4.79 Å². The Hall–Kier alpha value is -1.03. The van der Waals surface area contributed by atoms with Gasteiger partial charge in [-0.1, -0.05) is 15.9 Å². The lowest BCUT2D eigenvalue weighted by atomic mass is 10.1. The monoisotopic (exact) mass is 300 g/mol. The lowest BCUT2D eigenvalue weighted by Gasteiger charge is -2.11. The molecule has 0 N–H and O–H groups in total. The van der Waals surface area contributed by atoms with Gasteiger partial charge in [-0.15, -0.1) is 0 Å². The number of carbonyl (C=O) groups excluding carboxylic acids is 1. The highest BCUT2D eigenvalue weighted by Crippen LogP contribution is 2.28. The largest absolute Gasteiger partial charge is 0.493 e. The molecule has 0 aliphatic carbocycles. The van der Waals surface area contributed by atoms with Gasteiger partial charge in [0.1, 0.15) is 0 Å². The minimum Gasteiger partial charge on any atom is -0.493 e. The lowest BCUT2D eigenvalue weighted by molar-refractivity contribution is 0.101. The number of benzene rings is 1. The quantitative estimate of drug-likeness (QED) is 0.439. The van der Waals surface area contributed by atoms with Crippen LogP contribution >= 0.6 is 15.9 Å². The molecule has 0 saturated carbocycles. The van der Waals surface area contributed by atoms with Crippen molar-refractivity contribution in [1.82, 2.24) is 0 Å². The van der Waals surface area contributed by atoms with Crippen molar-refractivity contribution < 1.29 is 14.3 Å². The predicted molar refractivity (Wildman–Crippen MR) is 71.5 cm³/mol. The molecule has 0 aromatic heterocycles. The molecule has 94 valence electrons. The van der Waals surface area contributed by atoms with Crippen LogP contribution in [0.3, 0.4) is 0 Å². The van der Waals surface area contributed by atoms with Crippen LogP contribution in [-0.4, -0.2) is 24.8 Å². The molecule has 0 atom stereocenters. The summed E-state index contributed by atoms with van der Waals surface area (Å²) in [6.45, 7) is 2.19. The number of hydrogen-bond donors (Lipinski definition) is 0. The Morgan fingerprint density at radius 3 is 2.65 bits per heavy atom. The second-order valence-electron chi connectivity index (χ2n) is 3.67. The zero-order valence-electron chi connectivity index (χ0n) is 10.2. The van der Waals surface area contributed by atoms with E-state index in [-0.39, 0.29) is 5.78 Å². The van der Waals surface area contributed by atoms with Crippen molar-refractivity contribution in [2.45, 2.75) is 19.8 Å². The number of alkyl halides is 1. The molecule has 0 bridgehead atoms. The fraction of sp³-hybridized carbons (Fsp3) is 0.462. The lowest BCUT2D eigenvalue weighted by Crippen LogP contribution is -2.01. The SMILES string of the molecule is COc1cc(C(C)=O)ccc1OCCCCBr. The second-order valence-corrected chi connectivity index (χ2v) is 4.46. The van der Waals surface area contributed by atoms with E-state index in [1.54, 1.807) is 25.3 Å². The molecular weight excluding hydrogens is 284 g/mol. The zero-order chi connectivity index (χ0) is 12.7. The van der Waals surface area contributed by atoms with Crippen LogP contribution in [0.2, 0.25) is 0 Å². The first kappa shape index (κ1) is 14.0. The van der Waals surface area contributed by atoms with Crippen LogP contribution in [0.25, 0.3) is 0 Å². The molecule has 0 spiro atoms. The van der Waals surface area contributed by atoms with Crippen molar-refractivity contribution in [3.8, 4) is 11.5 Å². The van der Waals surface area contributed by atoms with E-state index in [0.717, 1.165) is 18.2 Å². The number of Topliss-reactive ketones (excluding diaryl/α,β-unsaturated/α-hetero) is 1. The fourth-order valence-electron chi connectivity index (χ4n) is 1.38. The minimum absolute atomic E-state index is 0.0224. The first-order valence-electron chi connectivity index (χ1n) is 5.56. The van der Waals surface area contributed by atoms with Crippen LogP contribution in [0, 0.1) is 0 Å². The molecule has 0 unspecified atom stereocenters. The summed E-state index contributed by atoms with van der Waals surface area (Å²) in [4.78, 5) is 11.2. The third kappa shape index (κ3) is 4.38. The number of methoxy groups -OCH3 is 1. The summed E-state index contributed by atoms with van der Waals surface area (Å²) in [5.74, 6) is 1.32. The summed E-state index contributed by atoms with van der Waals surface area (Å²) >= 11 is 3.37. The normalized spacial score (nSPS) is 10.1. The molecule has 0 heterocycles. The van der Waals surface area contributed by atoms with Gasteiger partial charge in [-0.3, -0.25) is 4.79 Å². The van der Waals surface area contributed by atoms with Gasteiger partial charge in [0.15, 0.2) is 17.3 Å². The Bertz CT molecular complexity index is 377. The van der Waals surface area contributed by atoms with Crippen LogP contribution < -0.4 is 9.47 Å². The summed E-state index contributed by atoms with van der Waals surface area (Å²) in [5, 5.41) is 0.983. The topological polar surface area (TPSA) is 35.5 Å². The van der Waals surface area contributed by atoms with Gasteiger partial charge < -0.3 is 9.47 Å². The number of rotatable bonds is 7. The molecule has 0 saturated heterocycles. The van der Waals surface area contributed by atoms with Crippen molar-refractivity contribution in [2.24, 2.45) is 0 Å². The minimum atomic E-state index is 0.0224. The van der Waals surface area contributed by atoms with E-state index < -0.39 is 0 Å². The Morgan fingerprint density at radius 2 is 2.06 bits per heavy atom. The highest BCUT2D eigenvalue weighted by atomic mass is 79.9. The molecule has 0 amide bonds. The van der Waals surface area contributed by atoms with Gasteiger partial charge >= 0.3 is 0 Å². The fourth-order valence-corrected chi connectivity index (χ4v) is 1.78. The van der Waals surface area contributed by atoms with Crippen LogP contribution in [0.1, 0.15) is 30.1 Å². The summed E-state index contributed by atoms with van der Waals surface area (Å²) in [6, 6.07) is 5.25. The Labute approximate surface area is 110 Å². The molecule has 0 radical (unpaired) electrons. The average molecular weight is 301 g/mol. The third-order valence-electron chi connectivity index (χ3n) is 2.36. The van der Waals surface area contributed by atoms with Gasteiger partial charge in [0.25, 0.3) is 0 Å². The summed E-state index contributed by atoms with van der Waals surface area (Å²) in [7, 11) is 1.57. The van der Waals surface area contributed by atoms with Crippen LogP contribution in [0.15, 0.2) is 18.2 Å². The molecule has 3 nitrogen and oxygen atoms in total. The summed E-state index contributed by atoms with van der Waals surface area (Å²) in [5.41, 5.74) is 0.634. The van der Waals surface area contributed by atoms with Gasteiger partial charge in [0.2, 0.25) is 0 Å². The molecule has 17 heavy (non-hydrogen) atoms. The van der Waals surface area contributed by atoms with Gasteiger partial charge in [0, 0.05) is 10.9 Å². The van der Waals surface area contributed by atoms with Crippen molar-refractivity contribution in [2.75, 3.05) is 19.0 Å². The van der Waals surface area contributed by atoms with Gasteiger partial charge in [-0.05, 0) is 38.0 Å². The number of ether oxygens (including phenoxy) is 2. The molecular formula is C13H17BrO3. The van der Waals surface area contributed by atoms with E-state index in [1.165, 1.54) is 6.92 Å². The molecule has 1 aromatic rings. The molecule has 0 fully saturated rings. The number of hydrogen-bond acceptors (Lipinski definition) is 3. The maximum absolute atomic E-state index is 11.2. The highest BCUT2D eigenvalue weighted by molar-refractivity contribution is 9.09. The molecule has 1 rings (SSSR count). The maximum Gasteiger partial charge on any atom is 0.161 e. The maximum atomic E-state index is 11.2. The highest BCUT2D eigenvalue weighted by Gasteiger charge is 2.07. The number of carbonyl (C=O) groups is 1. The van der Waals surface area contributed by atoms with Gasteiger partial charge in [-0.2, -0.15) is 0 Å². The number of unbranched alkanes of at least 4 members (excludes halogenated alkanes) is 1. The smallest absolute Gasteiger partial charge is 0.161 e. The van der Waals surface area contributed by atoms with E-state index in [2.05, 4.69) is 15.9 Å². The predicted octanol–water partition coefficient (Wildman–Crippen LogP) is 3.45. The first-order valence-corrected chi connectivity index (χ1v) is 6.69. The average Bonchev–Trinajstić information content (AvgIpc) is 2.34. The molecule has 0 aliphatic rings. The summed E-state index contributed by atoms with van der Waals surface area (Å²) < 4.78 is 10.8. The Kier molecular flexibility index (Phi) is 6.05. The second kappa shape index (κ2) is 7.33. The zero-order valence-corrected chi connectivity index (χ0v) is 11.7. The molecule has 1 aromatic carbocycles. The van der Waals surface area contributed by atoms with Crippen molar-refractivity contribution in [1.29, 1.82) is 0 Å². The van der Waals surface area contributed by atoms with E-state index in [4.69, 9.17) is 9.47 Å². The Balaban J connectivity index is 2.68. The van der Waals surface area contributed by atoms with Crippen molar-refractivity contribution in [3.63, 3.8) is 0 Å². The Morgan fingerprint density at radius 1 is 1.29 bits per heavy atom. The van der Waals surface area contributed by atoms with E-state index in [0.29, 0.717) is 23.7 Å². The first-order chi connectivity index (χ1) is 8.19. The van der Waals surface area contributed by atoms with Crippen LogP contribution in [0.4, 0.5) is 0 Å². The standard InChI is InChI=1S/C13H17BrO3/c1-10(15)11-5-6-12(13(9-11)16-2)17-8-4-3-7-14/h5-6,9H,3-4,7-8H2,1-2H3.